The van der Waals surface area contributed by atoms with Gasteiger partial charge in [-0.3, -0.25) is 0 Å². The minimum Gasteiger partial charge on any atom is -0.491 e. The summed E-state index contributed by atoms with van der Waals surface area (Å²) in [7, 11) is 0. The van der Waals surface area contributed by atoms with Crippen molar-refractivity contribution >= 4 is 0 Å². The maximum Gasteiger partial charge on any atom is 0.119 e. The van der Waals surface area contributed by atoms with E-state index in [0.717, 1.165) is 25.0 Å². The summed E-state index contributed by atoms with van der Waals surface area (Å²) >= 11 is 0. The second-order valence-electron chi connectivity index (χ2n) is 4.89. The molecule has 0 aliphatic rings. The molecule has 0 aliphatic carbocycles. The molecule has 1 aromatic carbocycles. The average molecular weight is 265 g/mol. The number of aliphatic hydroxyl groups excluding tert-OH is 1. The molecule has 3 heteroatoms. The minimum atomic E-state index is -0.467. The van der Waals surface area contributed by atoms with E-state index in [4.69, 9.17) is 4.74 Å². The van der Waals surface area contributed by atoms with Crippen LogP contribution < -0.4 is 10.1 Å². The van der Waals surface area contributed by atoms with Gasteiger partial charge in [-0.25, -0.2) is 0 Å². The van der Waals surface area contributed by atoms with Crippen molar-refractivity contribution in [2.75, 3.05) is 13.2 Å². The smallest absolute Gasteiger partial charge is 0.119 e. The summed E-state index contributed by atoms with van der Waals surface area (Å²) in [6.07, 6.45) is 2.70. The normalized spacial score (nSPS) is 12.7. The van der Waals surface area contributed by atoms with Gasteiger partial charge in [-0.2, -0.15) is 0 Å². The summed E-state index contributed by atoms with van der Waals surface area (Å²) in [4.78, 5) is 0. The largest absolute Gasteiger partial charge is 0.491 e. The van der Waals surface area contributed by atoms with E-state index >= 15 is 0 Å². The number of aliphatic hydroxyl groups is 1. The Morgan fingerprint density at radius 1 is 1.21 bits per heavy atom. The Bertz CT molecular complexity index is 350. The number of hydrogen-bond acceptors (Lipinski definition) is 3. The number of hydrogen-bond donors (Lipinski definition) is 2. The molecule has 0 radical (unpaired) electrons. The molecule has 0 aliphatic heterocycles. The molecule has 0 heterocycles. The zero-order valence-corrected chi connectivity index (χ0v) is 12.4. The SMILES string of the molecule is CCc1cccc(OCC(O)CNC(CC)CC)c1. The van der Waals surface area contributed by atoms with Crippen LogP contribution in [0.1, 0.15) is 39.2 Å². The molecule has 0 saturated carbocycles. The molecule has 1 atom stereocenters. The number of aryl methyl sites for hydroxylation is 1. The molecule has 108 valence electrons. The highest BCUT2D eigenvalue weighted by Crippen LogP contribution is 2.13. The van der Waals surface area contributed by atoms with Gasteiger partial charge in [0.25, 0.3) is 0 Å². The van der Waals surface area contributed by atoms with Crippen molar-refractivity contribution in [3.8, 4) is 5.75 Å². The summed E-state index contributed by atoms with van der Waals surface area (Å²) < 4.78 is 5.62. The first-order valence-electron chi connectivity index (χ1n) is 7.32. The van der Waals surface area contributed by atoms with Gasteiger partial charge in [0.15, 0.2) is 0 Å². The first kappa shape index (κ1) is 16.0. The monoisotopic (exact) mass is 265 g/mol. The fraction of sp³-hybridized carbons (Fsp3) is 0.625. The van der Waals surface area contributed by atoms with E-state index in [2.05, 4.69) is 32.2 Å². The Morgan fingerprint density at radius 2 is 1.95 bits per heavy atom. The molecule has 2 N–H and O–H groups in total. The molecule has 0 saturated heterocycles. The maximum atomic E-state index is 9.89. The third-order valence-corrected chi connectivity index (χ3v) is 3.38. The quantitative estimate of drug-likeness (QED) is 0.721. The summed E-state index contributed by atoms with van der Waals surface area (Å²) in [6, 6.07) is 8.51. The lowest BCUT2D eigenvalue weighted by Crippen LogP contribution is -2.37. The predicted octanol–water partition coefficient (Wildman–Crippen LogP) is 2.77. The van der Waals surface area contributed by atoms with E-state index in [1.807, 2.05) is 18.2 Å². The molecule has 1 rings (SSSR count). The molecule has 0 bridgehead atoms. The van der Waals surface area contributed by atoms with Crippen LogP contribution in [0.2, 0.25) is 0 Å². The van der Waals surface area contributed by atoms with Crippen molar-refractivity contribution in [1.29, 1.82) is 0 Å². The molecule has 19 heavy (non-hydrogen) atoms. The Labute approximate surface area is 117 Å². The lowest BCUT2D eigenvalue weighted by atomic mass is 10.1. The minimum absolute atomic E-state index is 0.334. The van der Waals surface area contributed by atoms with Crippen LogP contribution in [-0.4, -0.2) is 30.4 Å². The zero-order chi connectivity index (χ0) is 14.1. The van der Waals surface area contributed by atoms with Gasteiger partial charge in [0.2, 0.25) is 0 Å². The third-order valence-electron chi connectivity index (χ3n) is 3.38. The van der Waals surface area contributed by atoms with E-state index in [0.29, 0.717) is 19.2 Å². The van der Waals surface area contributed by atoms with Gasteiger partial charge in [-0.05, 0) is 37.0 Å². The second-order valence-corrected chi connectivity index (χ2v) is 4.89. The summed E-state index contributed by atoms with van der Waals surface area (Å²) in [5.74, 6) is 0.834. The van der Waals surface area contributed by atoms with E-state index in [9.17, 15) is 5.11 Å². The third kappa shape index (κ3) is 6.08. The fourth-order valence-electron chi connectivity index (χ4n) is 1.99. The second kappa shape index (κ2) is 8.94. The maximum absolute atomic E-state index is 9.89. The van der Waals surface area contributed by atoms with Crippen LogP contribution in [0.15, 0.2) is 24.3 Å². The number of benzene rings is 1. The molecule has 1 unspecified atom stereocenters. The van der Waals surface area contributed by atoms with Crippen LogP contribution >= 0.6 is 0 Å². The van der Waals surface area contributed by atoms with E-state index in [-0.39, 0.29) is 0 Å². The van der Waals surface area contributed by atoms with Gasteiger partial charge < -0.3 is 15.2 Å². The topological polar surface area (TPSA) is 41.5 Å². The molecule has 0 aromatic heterocycles. The van der Waals surface area contributed by atoms with Crippen LogP contribution in [0.4, 0.5) is 0 Å². The summed E-state index contributed by atoms with van der Waals surface area (Å²) in [6.45, 7) is 7.34. The van der Waals surface area contributed by atoms with Crippen LogP contribution in [0.3, 0.4) is 0 Å². The van der Waals surface area contributed by atoms with Crippen molar-refractivity contribution in [3.63, 3.8) is 0 Å². The number of nitrogens with one attached hydrogen (secondary N) is 1. The van der Waals surface area contributed by atoms with Gasteiger partial charge in [0.1, 0.15) is 18.5 Å². The number of ether oxygens (including phenoxy) is 1. The fourth-order valence-corrected chi connectivity index (χ4v) is 1.99. The van der Waals surface area contributed by atoms with Crippen molar-refractivity contribution in [1.82, 2.24) is 5.32 Å². The van der Waals surface area contributed by atoms with Gasteiger partial charge in [0, 0.05) is 12.6 Å². The standard InChI is InChI=1S/C16H27NO2/c1-4-13-8-7-9-16(10-13)19-12-15(18)11-17-14(5-2)6-3/h7-10,14-15,17-18H,4-6,11-12H2,1-3H3. The van der Waals surface area contributed by atoms with Gasteiger partial charge in [-0.1, -0.05) is 32.9 Å². The number of rotatable bonds is 9. The van der Waals surface area contributed by atoms with Gasteiger partial charge in [-0.15, -0.1) is 0 Å². The summed E-state index contributed by atoms with van der Waals surface area (Å²) in [5.41, 5.74) is 1.25. The molecule has 3 nitrogen and oxygen atoms in total. The predicted molar refractivity (Wildman–Crippen MR) is 79.7 cm³/mol. The van der Waals surface area contributed by atoms with Crippen LogP contribution in [0.5, 0.6) is 5.75 Å². The molecule has 1 aromatic rings. The highest BCUT2D eigenvalue weighted by molar-refractivity contribution is 5.28. The van der Waals surface area contributed by atoms with Gasteiger partial charge in [0.05, 0.1) is 0 Å². The molecular formula is C16H27NO2. The first-order chi connectivity index (χ1) is 9.19. The Kier molecular flexibility index (Phi) is 7.53. The Morgan fingerprint density at radius 3 is 2.58 bits per heavy atom. The molecule has 0 spiro atoms. The Balaban J connectivity index is 2.31. The Hall–Kier alpha value is -1.06. The van der Waals surface area contributed by atoms with Crippen molar-refractivity contribution in [2.24, 2.45) is 0 Å². The first-order valence-corrected chi connectivity index (χ1v) is 7.32. The highest BCUT2D eigenvalue weighted by Gasteiger charge is 2.08. The van der Waals surface area contributed by atoms with E-state index in [1.165, 1.54) is 5.56 Å². The van der Waals surface area contributed by atoms with Gasteiger partial charge >= 0.3 is 0 Å². The van der Waals surface area contributed by atoms with Crippen LogP contribution in [-0.2, 0) is 6.42 Å². The van der Waals surface area contributed by atoms with Crippen molar-refractivity contribution in [3.05, 3.63) is 29.8 Å². The highest BCUT2D eigenvalue weighted by atomic mass is 16.5. The average Bonchev–Trinajstić information content (AvgIpc) is 2.46. The molecular weight excluding hydrogens is 238 g/mol. The van der Waals surface area contributed by atoms with E-state index in [1.54, 1.807) is 0 Å². The molecule has 0 amide bonds. The lowest BCUT2D eigenvalue weighted by Gasteiger charge is -2.18. The zero-order valence-electron chi connectivity index (χ0n) is 12.4. The van der Waals surface area contributed by atoms with Crippen molar-refractivity contribution in [2.45, 2.75) is 52.2 Å². The van der Waals surface area contributed by atoms with Crippen LogP contribution in [0, 0.1) is 0 Å². The van der Waals surface area contributed by atoms with Crippen LogP contribution in [0.25, 0.3) is 0 Å². The molecule has 0 fully saturated rings. The summed E-state index contributed by atoms with van der Waals surface area (Å²) in [5, 5.41) is 13.2. The van der Waals surface area contributed by atoms with E-state index < -0.39 is 6.10 Å². The van der Waals surface area contributed by atoms with Crippen molar-refractivity contribution < 1.29 is 9.84 Å². The lowest BCUT2D eigenvalue weighted by molar-refractivity contribution is 0.103.